The summed E-state index contributed by atoms with van der Waals surface area (Å²) in [5.41, 5.74) is 23.4. The number of rotatable bonds is 9. The zero-order chi connectivity index (χ0) is 68.0. The SMILES string of the molecule is CC(=O)C=C(C)O.CC(=O)C=C(C)O.CC1(C)c2ccccc2-c2c[c-]c(-c3ccc4ccccc4n3)cc21.Cc1ccccc1-c1c[c-]c(-c2ccccn2)cc1.Cc1ccccc1-c1c[c-]c(-c2ccccn2)cc1.Fc1ccnc(-c2[c-]ccc(-c3ccccc3)c2)c1.[Ir].[Ir].[Ir].[Ir]. The minimum atomic E-state index is -0.288. The molecular weight excluding hydrogens is 1950 g/mol. The molecule has 512 valence electrons. The van der Waals surface area contributed by atoms with Crippen LogP contribution < -0.4 is 0 Å². The van der Waals surface area contributed by atoms with Crippen LogP contribution in [0.4, 0.5) is 4.39 Å². The van der Waals surface area contributed by atoms with Crippen molar-refractivity contribution in [3.05, 3.63) is 349 Å². The van der Waals surface area contributed by atoms with Crippen LogP contribution in [0, 0.1) is 43.9 Å². The molecule has 1 aliphatic rings. The molecule has 4 radical (unpaired) electrons. The van der Waals surface area contributed by atoms with Gasteiger partial charge in [-0.2, -0.15) is 0 Å². The fraction of sp³-hybridized carbons (Fsp3) is 0.103. The number of fused-ring (bicyclic) bond motifs is 4. The molecule has 14 rings (SSSR count). The quantitative estimate of drug-likeness (QED) is 0.0831. The molecule has 1 aliphatic carbocycles. The van der Waals surface area contributed by atoms with Gasteiger partial charge in [-0.15, -0.1) is 124 Å². The summed E-state index contributed by atoms with van der Waals surface area (Å²) in [5.74, 6) is -0.413. The molecule has 0 aliphatic heterocycles. The predicted molar refractivity (Wildman–Crippen MR) is 389 cm³/mol. The Bertz CT molecular complexity index is 4660. The van der Waals surface area contributed by atoms with Gasteiger partial charge < -0.3 is 25.2 Å². The number of benzene rings is 9. The third-order valence-electron chi connectivity index (χ3n) is 15.5. The molecule has 4 heterocycles. The van der Waals surface area contributed by atoms with E-state index in [2.05, 4.69) is 200 Å². The molecule has 0 unspecified atom stereocenters. The van der Waals surface area contributed by atoms with Crippen molar-refractivity contribution in [3.63, 3.8) is 0 Å². The molecule has 0 saturated heterocycles. The first kappa shape index (κ1) is 81.5. The van der Waals surface area contributed by atoms with Gasteiger partial charge in [0.2, 0.25) is 0 Å². The van der Waals surface area contributed by atoms with Gasteiger partial charge in [0.1, 0.15) is 5.82 Å². The fourth-order valence-corrected chi connectivity index (χ4v) is 10.9. The van der Waals surface area contributed by atoms with Crippen LogP contribution in [0.15, 0.2) is 297 Å². The molecule has 0 amide bonds. The van der Waals surface area contributed by atoms with Gasteiger partial charge in [-0.1, -0.05) is 216 Å². The number of nitrogens with zero attached hydrogens (tertiary/aromatic N) is 4. The summed E-state index contributed by atoms with van der Waals surface area (Å²) in [6, 6.07) is 98.4. The van der Waals surface area contributed by atoms with Gasteiger partial charge >= 0.3 is 0 Å². The third-order valence-corrected chi connectivity index (χ3v) is 15.5. The minimum Gasteiger partial charge on any atom is -0.512 e. The maximum absolute atomic E-state index is 13.2. The maximum atomic E-state index is 13.2. The van der Waals surface area contributed by atoms with Gasteiger partial charge in [0.05, 0.1) is 17.0 Å². The number of ketones is 2. The van der Waals surface area contributed by atoms with Crippen molar-refractivity contribution in [2.24, 2.45) is 0 Å². The molecule has 9 aromatic carbocycles. The zero-order valence-corrected chi connectivity index (χ0v) is 65.9. The zero-order valence-electron chi connectivity index (χ0n) is 56.3. The van der Waals surface area contributed by atoms with Crippen LogP contribution in [-0.4, -0.2) is 41.7 Å². The number of hydrogen-bond acceptors (Lipinski definition) is 8. The van der Waals surface area contributed by atoms with Gasteiger partial charge in [-0.25, -0.2) is 4.39 Å². The number of allylic oxidation sites excluding steroid dienone is 4. The number of halogens is 1. The molecule has 13 aromatic rings. The summed E-state index contributed by atoms with van der Waals surface area (Å²) in [7, 11) is 0. The van der Waals surface area contributed by atoms with Crippen molar-refractivity contribution in [2.75, 3.05) is 0 Å². The number of aryl methyl sites for hydroxylation is 2. The monoisotopic (exact) mass is 2030 g/mol. The second kappa shape index (κ2) is 40.1. The Kier molecular flexibility index (Phi) is 32.7. The molecule has 0 saturated carbocycles. The smallest absolute Gasteiger partial charge is 0.155 e. The van der Waals surface area contributed by atoms with E-state index in [-0.39, 0.29) is 115 Å². The Hall–Kier alpha value is -9.21. The number of hydrogen-bond donors (Lipinski definition) is 2. The summed E-state index contributed by atoms with van der Waals surface area (Å²) >= 11 is 0. The Morgan fingerprint density at radius 1 is 0.400 bits per heavy atom. The van der Waals surface area contributed by atoms with Crippen LogP contribution in [0.5, 0.6) is 0 Å². The first-order chi connectivity index (χ1) is 46.4. The van der Waals surface area contributed by atoms with E-state index in [1.807, 2.05) is 109 Å². The molecule has 4 aromatic heterocycles. The van der Waals surface area contributed by atoms with E-state index in [1.54, 1.807) is 12.4 Å². The van der Waals surface area contributed by atoms with Crippen molar-refractivity contribution >= 4 is 22.5 Å². The molecule has 0 atom stereocenters. The normalized spacial score (nSPS) is 11.1. The van der Waals surface area contributed by atoms with Crippen molar-refractivity contribution in [3.8, 4) is 89.5 Å². The first-order valence-corrected chi connectivity index (χ1v) is 31.4. The molecule has 0 bridgehead atoms. The standard InChI is InChI=1S/C24H18N.2C18H14N.C17H11FN.2C5H8O2.4Ir/c1-24(2)20-9-5-4-8-18(20)19-13-11-17(15-21(19)24)23-14-12-16-7-3-6-10-22(16)25-23;2*1-14-6-2-3-7-17(14)15-9-11-16(12-10-15)18-8-4-5-13-19-18;18-16-9-10-19-17(12-16)15-8-4-7-14(11-15)13-5-2-1-3-6-13;2*1-4(6)3-5(2)7;;;;/h3-10,12-15H,1-2H3;2*2-11,13H,1H3;1-7,9-12H;2*3,6H,1-2H3;;;;/q4*-1;;;;;;. The van der Waals surface area contributed by atoms with Gasteiger partial charge in [-0.3, -0.25) is 14.6 Å². The van der Waals surface area contributed by atoms with Crippen molar-refractivity contribution in [1.82, 2.24) is 19.9 Å². The predicted octanol–water partition coefficient (Wildman–Crippen LogP) is 21.5. The topological polar surface area (TPSA) is 126 Å². The van der Waals surface area contributed by atoms with E-state index in [0.29, 0.717) is 5.69 Å². The van der Waals surface area contributed by atoms with Gasteiger partial charge in [-0.05, 0) is 117 Å². The molecule has 100 heavy (non-hydrogen) atoms. The fourth-order valence-electron chi connectivity index (χ4n) is 10.9. The van der Waals surface area contributed by atoms with E-state index in [0.717, 1.165) is 56.0 Å². The molecule has 0 spiro atoms. The van der Waals surface area contributed by atoms with Crippen molar-refractivity contribution in [2.45, 2.75) is 60.8 Å². The number of aliphatic hydroxyl groups is 2. The molecule has 8 nitrogen and oxygen atoms in total. The molecular formula is C87H73FIr4N4O4-4. The minimum absolute atomic E-state index is 0. The van der Waals surface area contributed by atoms with Crippen LogP contribution in [-0.2, 0) is 95.4 Å². The van der Waals surface area contributed by atoms with Crippen LogP contribution >= 0.6 is 0 Å². The van der Waals surface area contributed by atoms with Gasteiger partial charge in [0, 0.05) is 111 Å². The van der Waals surface area contributed by atoms with E-state index in [4.69, 9.17) is 15.2 Å². The largest absolute Gasteiger partial charge is 0.512 e. The molecule has 2 N–H and O–H groups in total. The maximum Gasteiger partial charge on any atom is 0.155 e. The first-order valence-electron chi connectivity index (χ1n) is 31.4. The number of aromatic nitrogens is 4. The van der Waals surface area contributed by atoms with Crippen LogP contribution in [0.25, 0.3) is 100 Å². The van der Waals surface area contributed by atoms with Crippen LogP contribution in [0.1, 0.15) is 63.8 Å². The Morgan fingerprint density at radius 2 is 0.890 bits per heavy atom. The number of carbonyl (C=O) groups is 2. The number of para-hydroxylation sites is 1. The van der Waals surface area contributed by atoms with Crippen molar-refractivity contribution in [1.29, 1.82) is 0 Å². The van der Waals surface area contributed by atoms with Crippen LogP contribution in [0.3, 0.4) is 0 Å². The average molecular weight is 2030 g/mol. The third kappa shape index (κ3) is 22.9. The summed E-state index contributed by atoms with van der Waals surface area (Å²) in [5, 5.41) is 17.9. The molecule has 13 heteroatoms. The van der Waals surface area contributed by atoms with Crippen LogP contribution in [0.2, 0.25) is 0 Å². The van der Waals surface area contributed by atoms with Gasteiger partial charge in [0.15, 0.2) is 11.6 Å². The average Bonchev–Trinajstić information content (AvgIpc) is 1.58. The second-order valence-electron chi connectivity index (χ2n) is 23.3. The summed E-state index contributed by atoms with van der Waals surface area (Å²) in [6.07, 6.45) is 7.41. The summed E-state index contributed by atoms with van der Waals surface area (Å²) in [6.45, 7) is 14.6. The van der Waals surface area contributed by atoms with Crippen molar-refractivity contribution < 1.29 is 105 Å². The number of pyridine rings is 4. The molecule has 0 fully saturated rings. The summed E-state index contributed by atoms with van der Waals surface area (Å²) in [4.78, 5) is 37.7. The van der Waals surface area contributed by atoms with E-state index < -0.39 is 0 Å². The Labute approximate surface area is 641 Å². The Morgan fingerprint density at radius 3 is 1.39 bits per heavy atom. The Balaban J connectivity index is 0.000000224. The summed E-state index contributed by atoms with van der Waals surface area (Å²) < 4.78 is 13.2. The van der Waals surface area contributed by atoms with Gasteiger partial charge in [0.25, 0.3) is 0 Å². The van der Waals surface area contributed by atoms with E-state index >= 15 is 0 Å². The number of carbonyl (C=O) groups excluding carboxylic acids is 2. The number of aliphatic hydroxyl groups excluding tert-OH is 2. The van der Waals surface area contributed by atoms with E-state index in [9.17, 15) is 14.0 Å². The second-order valence-corrected chi connectivity index (χ2v) is 23.3. The van der Waals surface area contributed by atoms with E-state index in [1.165, 1.54) is 119 Å².